The number of rotatable bonds is 3. The molecule has 0 saturated carbocycles. The third kappa shape index (κ3) is 2.48. The largest absolute Gasteiger partial charge is 0.297 e. The second-order valence-corrected chi connectivity index (χ2v) is 5.94. The lowest BCUT2D eigenvalue weighted by Crippen LogP contribution is -2.34. The van der Waals surface area contributed by atoms with Crippen LogP contribution in [0.15, 0.2) is 30.6 Å². The van der Waals surface area contributed by atoms with E-state index in [9.17, 15) is 0 Å². The van der Waals surface area contributed by atoms with Gasteiger partial charge in [-0.05, 0) is 31.5 Å². The number of piperidine rings is 1. The molecule has 1 atom stereocenters. The van der Waals surface area contributed by atoms with E-state index in [1.807, 2.05) is 37.6 Å². The molecule has 7 heteroatoms. The summed E-state index contributed by atoms with van der Waals surface area (Å²) >= 11 is 0. The number of aromatic nitrogens is 6. The Bertz CT molecular complexity index is 775. The van der Waals surface area contributed by atoms with Crippen LogP contribution in [0.5, 0.6) is 0 Å². The highest BCUT2D eigenvalue weighted by molar-refractivity contribution is 5.37. The molecule has 1 unspecified atom stereocenters. The quantitative estimate of drug-likeness (QED) is 0.728. The molecule has 0 aromatic carbocycles. The Kier molecular flexibility index (Phi) is 3.34. The highest BCUT2D eigenvalue weighted by Crippen LogP contribution is 2.26. The van der Waals surface area contributed by atoms with Gasteiger partial charge in [0.05, 0.1) is 5.69 Å². The van der Waals surface area contributed by atoms with E-state index in [0.717, 1.165) is 43.2 Å². The van der Waals surface area contributed by atoms with Crippen molar-refractivity contribution in [3.8, 4) is 0 Å². The molecule has 1 saturated heterocycles. The van der Waals surface area contributed by atoms with Gasteiger partial charge in [-0.2, -0.15) is 0 Å². The third-order valence-electron chi connectivity index (χ3n) is 4.25. The lowest BCUT2D eigenvalue weighted by molar-refractivity contribution is 0.194. The summed E-state index contributed by atoms with van der Waals surface area (Å²) in [5.74, 6) is 1.49. The molecule has 1 aliphatic rings. The summed E-state index contributed by atoms with van der Waals surface area (Å²) in [5, 5.41) is 16.9. The van der Waals surface area contributed by atoms with Crippen LogP contribution in [0.1, 0.15) is 30.3 Å². The molecule has 114 valence electrons. The number of hydrogen-bond acceptors (Lipinski definition) is 5. The number of nitrogens with zero attached hydrogens (tertiary/aromatic N) is 7. The topological polar surface area (TPSA) is 64.1 Å². The molecular weight excluding hydrogens is 278 g/mol. The zero-order valence-electron chi connectivity index (χ0n) is 12.6. The van der Waals surface area contributed by atoms with E-state index >= 15 is 0 Å². The van der Waals surface area contributed by atoms with Crippen LogP contribution in [0.4, 0.5) is 0 Å². The lowest BCUT2D eigenvalue weighted by atomic mass is 9.97. The van der Waals surface area contributed by atoms with Crippen LogP contribution in [0.25, 0.3) is 5.65 Å². The van der Waals surface area contributed by atoms with Crippen molar-refractivity contribution in [3.63, 3.8) is 0 Å². The van der Waals surface area contributed by atoms with E-state index in [1.165, 1.54) is 6.42 Å². The molecule has 3 aromatic heterocycles. The Morgan fingerprint density at radius 1 is 1.23 bits per heavy atom. The molecule has 1 fully saturated rings. The molecule has 4 heterocycles. The highest BCUT2D eigenvalue weighted by atomic mass is 15.4. The Hall–Kier alpha value is -2.28. The zero-order valence-corrected chi connectivity index (χ0v) is 12.6. The van der Waals surface area contributed by atoms with Crippen LogP contribution in [0.3, 0.4) is 0 Å². The van der Waals surface area contributed by atoms with Crippen molar-refractivity contribution in [3.05, 3.63) is 42.1 Å². The van der Waals surface area contributed by atoms with E-state index in [4.69, 9.17) is 0 Å². The summed E-state index contributed by atoms with van der Waals surface area (Å²) in [5.41, 5.74) is 1.94. The molecule has 0 spiro atoms. The summed E-state index contributed by atoms with van der Waals surface area (Å²) in [6.45, 7) is 2.94. The minimum absolute atomic E-state index is 0.419. The predicted molar refractivity (Wildman–Crippen MR) is 81.2 cm³/mol. The average Bonchev–Trinajstić information content (AvgIpc) is 3.14. The normalized spacial score (nSPS) is 19.8. The molecule has 7 nitrogen and oxygen atoms in total. The summed E-state index contributed by atoms with van der Waals surface area (Å²) in [7, 11) is 1.90. The van der Waals surface area contributed by atoms with Gasteiger partial charge in [0.2, 0.25) is 0 Å². The first-order valence-corrected chi connectivity index (χ1v) is 7.67. The molecule has 0 aliphatic carbocycles. The van der Waals surface area contributed by atoms with E-state index in [2.05, 4.69) is 29.8 Å². The average molecular weight is 297 g/mol. The minimum atomic E-state index is 0.419. The van der Waals surface area contributed by atoms with Crippen LogP contribution < -0.4 is 0 Å². The van der Waals surface area contributed by atoms with Gasteiger partial charge in [0.1, 0.15) is 5.82 Å². The van der Waals surface area contributed by atoms with Crippen molar-refractivity contribution in [1.29, 1.82) is 0 Å². The number of fused-ring (bicyclic) bond motifs is 1. The molecule has 1 aliphatic heterocycles. The smallest absolute Gasteiger partial charge is 0.160 e. The molecule has 4 rings (SSSR count). The Balaban J connectivity index is 1.53. The minimum Gasteiger partial charge on any atom is -0.297 e. The van der Waals surface area contributed by atoms with E-state index < -0.39 is 0 Å². The number of aryl methyl sites for hydroxylation is 1. The van der Waals surface area contributed by atoms with Crippen molar-refractivity contribution < 1.29 is 0 Å². The van der Waals surface area contributed by atoms with Crippen molar-refractivity contribution in [2.45, 2.75) is 25.3 Å². The first kappa shape index (κ1) is 13.4. The monoisotopic (exact) mass is 297 g/mol. The fourth-order valence-electron chi connectivity index (χ4n) is 3.25. The van der Waals surface area contributed by atoms with Crippen LogP contribution in [0, 0.1) is 0 Å². The van der Waals surface area contributed by atoms with Gasteiger partial charge < -0.3 is 0 Å². The second kappa shape index (κ2) is 5.49. The third-order valence-corrected chi connectivity index (χ3v) is 4.25. The standard InChI is InChI=1S/C15H19N7/c1-20-10-13(16-19-20)11-21-7-4-5-12(9-21)15-18-17-14-6-2-3-8-22(14)15/h2-3,6,8,10,12H,4-5,7,9,11H2,1H3. The van der Waals surface area contributed by atoms with Crippen molar-refractivity contribution in [2.24, 2.45) is 7.05 Å². The van der Waals surface area contributed by atoms with Gasteiger partial charge in [0.15, 0.2) is 5.65 Å². The Morgan fingerprint density at radius 2 is 2.18 bits per heavy atom. The summed E-state index contributed by atoms with van der Waals surface area (Å²) in [6.07, 6.45) is 6.36. The molecular formula is C15H19N7. The summed E-state index contributed by atoms with van der Waals surface area (Å²) < 4.78 is 3.86. The van der Waals surface area contributed by atoms with Crippen LogP contribution in [-0.2, 0) is 13.6 Å². The van der Waals surface area contributed by atoms with Gasteiger partial charge in [-0.25, -0.2) is 0 Å². The maximum absolute atomic E-state index is 4.42. The van der Waals surface area contributed by atoms with Crippen molar-refractivity contribution in [2.75, 3.05) is 13.1 Å². The molecule has 0 N–H and O–H groups in total. The van der Waals surface area contributed by atoms with Gasteiger partial charge in [-0.3, -0.25) is 14.0 Å². The van der Waals surface area contributed by atoms with Crippen LogP contribution in [0.2, 0.25) is 0 Å². The Morgan fingerprint density at radius 3 is 3.05 bits per heavy atom. The van der Waals surface area contributed by atoms with Gasteiger partial charge in [0, 0.05) is 38.4 Å². The fourth-order valence-corrected chi connectivity index (χ4v) is 3.25. The van der Waals surface area contributed by atoms with Gasteiger partial charge >= 0.3 is 0 Å². The highest BCUT2D eigenvalue weighted by Gasteiger charge is 2.25. The zero-order chi connectivity index (χ0) is 14.9. The summed E-state index contributed by atoms with van der Waals surface area (Å²) in [4.78, 5) is 2.43. The lowest BCUT2D eigenvalue weighted by Gasteiger charge is -2.31. The molecule has 0 bridgehead atoms. The SMILES string of the molecule is Cn1cc(CN2CCCC(c3nnc4ccccn34)C2)nn1. The van der Waals surface area contributed by atoms with Crippen molar-refractivity contribution in [1.82, 2.24) is 34.5 Å². The van der Waals surface area contributed by atoms with Crippen LogP contribution in [-0.4, -0.2) is 47.6 Å². The molecule has 0 amide bonds. The molecule has 0 radical (unpaired) electrons. The fraction of sp³-hybridized carbons (Fsp3) is 0.467. The first-order chi connectivity index (χ1) is 10.8. The number of pyridine rings is 1. The first-order valence-electron chi connectivity index (χ1n) is 7.67. The summed E-state index contributed by atoms with van der Waals surface area (Å²) in [6, 6.07) is 6.02. The maximum atomic E-state index is 4.42. The van der Waals surface area contributed by atoms with E-state index in [-0.39, 0.29) is 0 Å². The van der Waals surface area contributed by atoms with Gasteiger partial charge in [-0.1, -0.05) is 11.3 Å². The molecule has 22 heavy (non-hydrogen) atoms. The Labute approximate surface area is 128 Å². The van der Waals surface area contributed by atoms with Crippen LogP contribution >= 0.6 is 0 Å². The maximum Gasteiger partial charge on any atom is 0.160 e. The number of likely N-dealkylation sites (tertiary alicyclic amines) is 1. The number of hydrogen-bond donors (Lipinski definition) is 0. The second-order valence-electron chi connectivity index (χ2n) is 5.94. The van der Waals surface area contributed by atoms with Crippen molar-refractivity contribution >= 4 is 5.65 Å². The van der Waals surface area contributed by atoms with E-state index in [1.54, 1.807) is 4.68 Å². The van der Waals surface area contributed by atoms with Gasteiger partial charge in [-0.15, -0.1) is 15.3 Å². The predicted octanol–water partition coefficient (Wildman–Crippen LogP) is 1.24. The molecule has 3 aromatic rings. The van der Waals surface area contributed by atoms with E-state index in [0.29, 0.717) is 5.92 Å². The van der Waals surface area contributed by atoms with Gasteiger partial charge in [0.25, 0.3) is 0 Å².